The molecule has 1 atom stereocenters. The summed E-state index contributed by atoms with van der Waals surface area (Å²) in [6.45, 7) is 2.29. The first-order chi connectivity index (χ1) is 11.8. The summed E-state index contributed by atoms with van der Waals surface area (Å²) in [6, 6.07) is 29.1. The first-order valence-corrected chi connectivity index (χ1v) is 9.08. The van der Waals surface area contributed by atoms with Gasteiger partial charge in [-0.1, -0.05) is 98.6 Å². The van der Waals surface area contributed by atoms with Crippen molar-refractivity contribution in [3.8, 4) is 11.1 Å². The van der Waals surface area contributed by atoms with Gasteiger partial charge in [-0.05, 0) is 40.7 Å². The normalized spacial score (nSPS) is 18.7. The van der Waals surface area contributed by atoms with Gasteiger partial charge >= 0.3 is 0 Å². The van der Waals surface area contributed by atoms with Gasteiger partial charge in [-0.25, -0.2) is 0 Å². The molecule has 1 aliphatic carbocycles. The maximum atomic E-state index is 2.36. The van der Waals surface area contributed by atoms with Crippen LogP contribution >= 0.6 is 0 Å². The van der Waals surface area contributed by atoms with E-state index in [1.165, 1.54) is 47.1 Å². The van der Waals surface area contributed by atoms with E-state index in [0.717, 1.165) is 6.42 Å². The fourth-order valence-electron chi connectivity index (χ4n) is 4.35. The third kappa shape index (κ3) is 2.38. The Morgan fingerprint density at radius 1 is 0.750 bits per heavy atom. The van der Waals surface area contributed by atoms with E-state index in [-0.39, 0.29) is 5.41 Å². The second-order valence-electron chi connectivity index (χ2n) is 6.93. The first kappa shape index (κ1) is 15.2. The molecule has 24 heavy (non-hydrogen) atoms. The first-order valence-electron chi connectivity index (χ1n) is 9.08. The van der Waals surface area contributed by atoms with Crippen LogP contribution in [-0.4, -0.2) is 0 Å². The highest BCUT2D eigenvalue weighted by atomic mass is 14.4. The van der Waals surface area contributed by atoms with E-state index in [0.29, 0.717) is 0 Å². The smallest absolute Gasteiger partial charge is 0.0249 e. The minimum Gasteiger partial charge on any atom is -0.0654 e. The average molecular weight is 312 g/mol. The lowest BCUT2D eigenvalue weighted by molar-refractivity contribution is 0.445. The van der Waals surface area contributed by atoms with Crippen LogP contribution < -0.4 is 0 Å². The van der Waals surface area contributed by atoms with Crippen molar-refractivity contribution in [3.63, 3.8) is 0 Å². The fraction of sp³-hybridized carbons (Fsp3) is 0.250. The topological polar surface area (TPSA) is 0 Å². The summed E-state index contributed by atoms with van der Waals surface area (Å²) in [7, 11) is 0. The van der Waals surface area contributed by atoms with Crippen LogP contribution in [0.15, 0.2) is 78.9 Å². The fourth-order valence-corrected chi connectivity index (χ4v) is 4.35. The predicted molar refractivity (Wildman–Crippen MR) is 102 cm³/mol. The largest absolute Gasteiger partial charge is 0.0654 e. The van der Waals surface area contributed by atoms with Crippen molar-refractivity contribution in [1.29, 1.82) is 0 Å². The summed E-state index contributed by atoms with van der Waals surface area (Å²) in [5.74, 6) is 0. The van der Waals surface area contributed by atoms with Crippen LogP contribution in [0.2, 0.25) is 0 Å². The van der Waals surface area contributed by atoms with Crippen molar-refractivity contribution >= 4 is 0 Å². The van der Waals surface area contributed by atoms with E-state index in [2.05, 4.69) is 85.8 Å². The highest BCUT2D eigenvalue weighted by molar-refractivity contribution is 5.76. The lowest BCUT2D eigenvalue weighted by atomic mass is 9.62. The van der Waals surface area contributed by atoms with Gasteiger partial charge in [0.2, 0.25) is 0 Å². The molecule has 0 heteroatoms. The van der Waals surface area contributed by atoms with E-state index < -0.39 is 0 Å². The SMILES string of the molecule is CCCCC1(c2ccccc2)Cc2ccccc2-c2ccccc21. The van der Waals surface area contributed by atoms with Gasteiger partial charge in [0.25, 0.3) is 0 Å². The van der Waals surface area contributed by atoms with Gasteiger partial charge in [0.05, 0.1) is 0 Å². The zero-order chi connectivity index (χ0) is 16.4. The molecule has 3 aromatic rings. The summed E-state index contributed by atoms with van der Waals surface area (Å²) in [5.41, 5.74) is 7.37. The highest BCUT2D eigenvalue weighted by Crippen LogP contribution is 2.49. The maximum absolute atomic E-state index is 2.36. The molecule has 0 fully saturated rings. The van der Waals surface area contributed by atoms with Gasteiger partial charge in [0.15, 0.2) is 0 Å². The summed E-state index contributed by atoms with van der Waals surface area (Å²) in [5, 5.41) is 0. The van der Waals surface area contributed by atoms with E-state index in [1.807, 2.05) is 0 Å². The molecule has 4 rings (SSSR count). The lowest BCUT2D eigenvalue weighted by Gasteiger charge is -2.41. The van der Waals surface area contributed by atoms with Crippen LogP contribution in [0, 0.1) is 0 Å². The number of hydrogen-bond donors (Lipinski definition) is 0. The molecule has 0 aliphatic heterocycles. The minimum absolute atomic E-state index is 0.0994. The Hall–Kier alpha value is -2.34. The molecule has 0 saturated heterocycles. The second kappa shape index (κ2) is 6.28. The Labute approximate surface area is 145 Å². The summed E-state index contributed by atoms with van der Waals surface area (Å²) >= 11 is 0. The summed E-state index contributed by atoms with van der Waals surface area (Å²) < 4.78 is 0. The number of benzene rings is 3. The van der Waals surface area contributed by atoms with E-state index in [4.69, 9.17) is 0 Å². The highest BCUT2D eigenvalue weighted by Gasteiger charge is 2.39. The molecular weight excluding hydrogens is 288 g/mol. The Morgan fingerprint density at radius 2 is 1.42 bits per heavy atom. The Kier molecular flexibility index (Phi) is 3.98. The van der Waals surface area contributed by atoms with E-state index in [9.17, 15) is 0 Å². The quantitative estimate of drug-likeness (QED) is 0.524. The summed E-state index contributed by atoms with van der Waals surface area (Å²) in [4.78, 5) is 0. The van der Waals surface area contributed by atoms with Crippen LogP contribution in [0.3, 0.4) is 0 Å². The molecular formula is C24H24. The number of hydrogen-bond acceptors (Lipinski definition) is 0. The molecule has 1 unspecified atom stereocenters. The molecule has 1 aliphatic rings. The van der Waals surface area contributed by atoms with Crippen LogP contribution in [0.4, 0.5) is 0 Å². The molecule has 0 amide bonds. The van der Waals surface area contributed by atoms with Gasteiger partial charge in [0.1, 0.15) is 0 Å². The van der Waals surface area contributed by atoms with Gasteiger partial charge < -0.3 is 0 Å². The van der Waals surface area contributed by atoms with Crippen molar-refractivity contribution < 1.29 is 0 Å². The predicted octanol–water partition coefficient (Wildman–Crippen LogP) is 6.39. The average Bonchev–Trinajstić information content (AvgIpc) is 2.67. The zero-order valence-corrected chi connectivity index (χ0v) is 14.3. The van der Waals surface area contributed by atoms with Gasteiger partial charge in [-0.15, -0.1) is 0 Å². The second-order valence-corrected chi connectivity index (χ2v) is 6.93. The monoisotopic (exact) mass is 312 g/mol. The van der Waals surface area contributed by atoms with Crippen LogP contribution in [-0.2, 0) is 11.8 Å². The molecule has 0 heterocycles. The van der Waals surface area contributed by atoms with Crippen molar-refractivity contribution in [2.75, 3.05) is 0 Å². The van der Waals surface area contributed by atoms with E-state index >= 15 is 0 Å². The lowest BCUT2D eigenvalue weighted by Crippen LogP contribution is -2.34. The number of fused-ring (bicyclic) bond motifs is 3. The molecule has 120 valence electrons. The van der Waals surface area contributed by atoms with Gasteiger partial charge in [-0.2, -0.15) is 0 Å². The van der Waals surface area contributed by atoms with Crippen molar-refractivity contribution in [2.24, 2.45) is 0 Å². The zero-order valence-electron chi connectivity index (χ0n) is 14.3. The van der Waals surface area contributed by atoms with Gasteiger partial charge in [0, 0.05) is 5.41 Å². The standard InChI is InChI=1S/C24H24/c1-2-3-17-24(20-12-5-4-6-13-20)18-19-11-7-8-14-21(19)22-15-9-10-16-23(22)24/h4-16H,2-3,17-18H2,1H3. The third-order valence-corrected chi connectivity index (χ3v) is 5.53. The molecule has 0 nitrogen and oxygen atoms in total. The Bertz CT molecular complexity index is 831. The van der Waals surface area contributed by atoms with Crippen molar-refractivity contribution in [3.05, 3.63) is 95.6 Å². The van der Waals surface area contributed by atoms with Crippen molar-refractivity contribution in [1.82, 2.24) is 0 Å². The van der Waals surface area contributed by atoms with Crippen LogP contribution in [0.1, 0.15) is 42.9 Å². The number of rotatable bonds is 4. The van der Waals surface area contributed by atoms with Gasteiger partial charge in [-0.3, -0.25) is 0 Å². The summed E-state index contributed by atoms with van der Waals surface area (Å²) in [6.07, 6.45) is 4.80. The molecule has 0 radical (unpaired) electrons. The molecule has 0 N–H and O–H groups in total. The minimum atomic E-state index is 0.0994. The van der Waals surface area contributed by atoms with Crippen molar-refractivity contribution in [2.45, 2.75) is 38.0 Å². The maximum Gasteiger partial charge on any atom is 0.0249 e. The molecule has 0 saturated carbocycles. The molecule has 0 bridgehead atoms. The van der Waals surface area contributed by atoms with Crippen LogP contribution in [0.25, 0.3) is 11.1 Å². The third-order valence-electron chi connectivity index (χ3n) is 5.53. The number of unbranched alkanes of at least 4 members (excludes halogenated alkanes) is 1. The van der Waals surface area contributed by atoms with Crippen LogP contribution in [0.5, 0.6) is 0 Å². The molecule has 3 aromatic carbocycles. The Balaban J connectivity index is 1.98. The molecule has 0 spiro atoms. The Morgan fingerprint density at radius 3 is 2.21 bits per heavy atom. The van der Waals surface area contributed by atoms with E-state index in [1.54, 1.807) is 0 Å². The molecule has 0 aromatic heterocycles.